The van der Waals surface area contributed by atoms with Crippen LogP contribution in [0, 0.1) is 13.8 Å². The number of hydrogen-bond acceptors (Lipinski definition) is 5. The van der Waals surface area contributed by atoms with Gasteiger partial charge in [-0.1, -0.05) is 12.1 Å². The minimum Gasteiger partial charge on any atom is -0.369 e. The van der Waals surface area contributed by atoms with Crippen molar-refractivity contribution in [3.05, 3.63) is 53.6 Å². The number of rotatable bonds is 6. The second-order valence-electron chi connectivity index (χ2n) is 8.35. The van der Waals surface area contributed by atoms with Gasteiger partial charge >= 0.3 is 0 Å². The van der Waals surface area contributed by atoms with Gasteiger partial charge in [0.05, 0.1) is 11.9 Å². The zero-order valence-electron chi connectivity index (χ0n) is 18.9. The van der Waals surface area contributed by atoms with Gasteiger partial charge in [0.25, 0.3) is 0 Å². The molecule has 1 heterocycles. The van der Waals surface area contributed by atoms with Crippen LogP contribution in [0.25, 0.3) is 0 Å². The molecule has 0 unspecified atom stereocenters. The molecule has 1 aliphatic rings. The van der Waals surface area contributed by atoms with Gasteiger partial charge in [0.1, 0.15) is 6.04 Å². The Balaban J connectivity index is 1.75. The summed E-state index contributed by atoms with van der Waals surface area (Å²) in [6.07, 6.45) is 1.13. The molecular formula is C23H32N4O3S. The third-order valence-electron chi connectivity index (χ3n) is 5.69. The zero-order chi connectivity index (χ0) is 22.8. The average molecular weight is 445 g/mol. The second kappa shape index (κ2) is 9.28. The number of hydrogen-bond donors (Lipinski definition) is 1. The molecule has 1 saturated heterocycles. The lowest BCUT2D eigenvalue weighted by atomic mass is 10.1. The Morgan fingerprint density at radius 1 is 1.03 bits per heavy atom. The Labute approximate surface area is 185 Å². The van der Waals surface area contributed by atoms with E-state index in [1.165, 1.54) is 4.31 Å². The molecule has 168 valence electrons. The molecule has 1 fully saturated rings. The number of carbonyl (C=O) groups is 1. The first-order valence-electron chi connectivity index (χ1n) is 10.5. The topological polar surface area (TPSA) is 73.0 Å². The third kappa shape index (κ3) is 5.57. The maximum Gasteiger partial charge on any atom is 0.247 e. The van der Waals surface area contributed by atoms with Gasteiger partial charge in [0, 0.05) is 37.6 Å². The lowest BCUT2D eigenvalue weighted by molar-refractivity contribution is -0.116. The number of nitrogens with one attached hydrogen (secondary N) is 1. The standard InChI is InChI=1S/C23H32N4O3S/c1-17-6-7-18(2)22(16-17)27(31(5,29)30)19(3)23(28)24-20-8-10-21(11-9-20)26-14-12-25(4)13-15-26/h6-11,16,19H,12-15H2,1-5H3,(H,24,28)/t19-/m1/s1. The fourth-order valence-electron chi connectivity index (χ4n) is 3.80. The summed E-state index contributed by atoms with van der Waals surface area (Å²) < 4.78 is 26.3. The molecule has 0 aliphatic carbocycles. The summed E-state index contributed by atoms with van der Waals surface area (Å²) in [7, 11) is -1.54. The summed E-state index contributed by atoms with van der Waals surface area (Å²) in [5.74, 6) is -0.376. The first kappa shape index (κ1) is 23.1. The van der Waals surface area contributed by atoms with Crippen LogP contribution in [0.5, 0.6) is 0 Å². The highest BCUT2D eigenvalue weighted by molar-refractivity contribution is 7.92. The Morgan fingerprint density at radius 2 is 1.65 bits per heavy atom. The number of nitrogens with zero attached hydrogens (tertiary/aromatic N) is 3. The molecule has 2 aromatic carbocycles. The molecule has 1 aliphatic heterocycles. The predicted molar refractivity (Wildman–Crippen MR) is 127 cm³/mol. The van der Waals surface area contributed by atoms with E-state index in [9.17, 15) is 13.2 Å². The van der Waals surface area contributed by atoms with Gasteiger partial charge < -0.3 is 15.1 Å². The van der Waals surface area contributed by atoms with Crippen LogP contribution in [0.4, 0.5) is 17.1 Å². The van der Waals surface area contributed by atoms with Crippen molar-refractivity contribution in [2.75, 3.05) is 54.0 Å². The van der Waals surface area contributed by atoms with E-state index < -0.39 is 16.1 Å². The van der Waals surface area contributed by atoms with Gasteiger partial charge in [0.2, 0.25) is 15.9 Å². The lowest BCUT2D eigenvalue weighted by Crippen LogP contribution is -2.45. The number of carbonyl (C=O) groups excluding carboxylic acids is 1. The van der Waals surface area contributed by atoms with Crippen molar-refractivity contribution in [3.8, 4) is 0 Å². The van der Waals surface area contributed by atoms with E-state index in [-0.39, 0.29) is 5.91 Å². The lowest BCUT2D eigenvalue weighted by Gasteiger charge is -2.34. The molecule has 0 bridgehead atoms. The maximum atomic E-state index is 13.0. The molecule has 0 aromatic heterocycles. The molecule has 31 heavy (non-hydrogen) atoms. The summed E-state index contributed by atoms with van der Waals surface area (Å²) in [4.78, 5) is 17.6. The van der Waals surface area contributed by atoms with Crippen molar-refractivity contribution in [2.24, 2.45) is 0 Å². The fourth-order valence-corrected chi connectivity index (χ4v) is 5.03. The van der Waals surface area contributed by atoms with Crippen LogP contribution in [0.3, 0.4) is 0 Å². The number of aryl methyl sites for hydroxylation is 2. The highest BCUT2D eigenvalue weighted by Gasteiger charge is 2.30. The molecule has 0 saturated carbocycles. The van der Waals surface area contributed by atoms with Crippen molar-refractivity contribution in [1.82, 2.24) is 4.90 Å². The molecule has 7 nitrogen and oxygen atoms in total. The van der Waals surface area contributed by atoms with Crippen LogP contribution in [0.2, 0.25) is 0 Å². The van der Waals surface area contributed by atoms with E-state index in [0.717, 1.165) is 49.2 Å². The molecule has 0 radical (unpaired) electrons. The van der Waals surface area contributed by atoms with Crippen molar-refractivity contribution in [2.45, 2.75) is 26.8 Å². The van der Waals surface area contributed by atoms with Gasteiger partial charge in [-0.25, -0.2) is 8.42 Å². The van der Waals surface area contributed by atoms with Gasteiger partial charge in [-0.05, 0) is 69.3 Å². The predicted octanol–water partition coefficient (Wildman–Crippen LogP) is 2.85. The molecule has 2 aromatic rings. The quantitative estimate of drug-likeness (QED) is 0.742. The molecular weight excluding hydrogens is 412 g/mol. The minimum atomic E-state index is -3.66. The SMILES string of the molecule is Cc1ccc(C)c(N([C@H](C)C(=O)Nc2ccc(N3CCN(C)CC3)cc2)S(C)(=O)=O)c1. The summed E-state index contributed by atoms with van der Waals surface area (Å²) in [5.41, 5.74) is 4.01. The number of sulfonamides is 1. The highest BCUT2D eigenvalue weighted by Crippen LogP contribution is 2.27. The number of piperazine rings is 1. The van der Waals surface area contributed by atoms with E-state index in [4.69, 9.17) is 0 Å². The maximum absolute atomic E-state index is 13.0. The van der Waals surface area contributed by atoms with Crippen LogP contribution >= 0.6 is 0 Å². The zero-order valence-corrected chi connectivity index (χ0v) is 19.7. The smallest absolute Gasteiger partial charge is 0.247 e. The van der Waals surface area contributed by atoms with Gasteiger partial charge in [-0.3, -0.25) is 9.10 Å². The summed E-state index contributed by atoms with van der Waals surface area (Å²) in [6, 6.07) is 12.4. The summed E-state index contributed by atoms with van der Waals surface area (Å²) >= 11 is 0. The van der Waals surface area contributed by atoms with Crippen LogP contribution in [-0.4, -0.2) is 64.7 Å². The molecule has 3 rings (SSSR count). The summed E-state index contributed by atoms with van der Waals surface area (Å²) in [5, 5.41) is 2.86. The number of benzene rings is 2. The van der Waals surface area contributed by atoms with Crippen LogP contribution in [0.1, 0.15) is 18.1 Å². The van der Waals surface area contributed by atoms with E-state index in [1.54, 1.807) is 13.0 Å². The monoisotopic (exact) mass is 444 g/mol. The molecule has 1 amide bonds. The normalized spacial score (nSPS) is 16.1. The van der Waals surface area contributed by atoms with E-state index in [2.05, 4.69) is 22.2 Å². The number of anilines is 3. The largest absolute Gasteiger partial charge is 0.369 e. The second-order valence-corrected chi connectivity index (χ2v) is 10.2. The number of amides is 1. The Hall–Kier alpha value is -2.58. The molecule has 1 N–H and O–H groups in total. The van der Waals surface area contributed by atoms with Crippen LogP contribution in [-0.2, 0) is 14.8 Å². The number of likely N-dealkylation sites (N-methyl/N-ethyl adjacent to an activating group) is 1. The molecule has 1 atom stereocenters. The molecule has 0 spiro atoms. The van der Waals surface area contributed by atoms with E-state index >= 15 is 0 Å². The highest BCUT2D eigenvalue weighted by atomic mass is 32.2. The van der Waals surface area contributed by atoms with Gasteiger partial charge in [-0.15, -0.1) is 0 Å². The van der Waals surface area contributed by atoms with Gasteiger partial charge in [0.15, 0.2) is 0 Å². The van der Waals surface area contributed by atoms with Crippen molar-refractivity contribution < 1.29 is 13.2 Å². The average Bonchev–Trinajstić information content (AvgIpc) is 2.71. The Bertz CT molecular complexity index is 1030. The van der Waals surface area contributed by atoms with Crippen LogP contribution < -0.4 is 14.5 Å². The van der Waals surface area contributed by atoms with E-state index in [1.807, 2.05) is 50.2 Å². The molecule has 8 heteroatoms. The van der Waals surface area contributed by atoms with Crippen molar-refractivity contribution in [1.29, 1.82) is 0 Å². The van der Waals surface area contributed by atoms with Crippen molar-refractivity contribution in [3.63, 3.8) is 0 Å². The Morgan fingerprint density at radius 3 is 2.23 bits per heavy atom. The first-order valence-corrected chi connectivity index (χ1v) is 12.3. The Kier molecular flexibility index (Phi) is 6.91. The van der Waals surface area contributed by atoms with Gasteiger partial charge in [-0.2, -0.15) is 0 Å². The summed E-state index contributed by atoms with van der Waals surface area (Å²) in [6.45, 7) is 9.34. The third-order valence-corrected chi connectivity index (χ3v) is 6.92. The van der Waals surface area contributed by atoms with Crippen LogP contribution in [0.15, 0.2) is 42.5 Å². The fraction of sp³-hybridized carbons (Fsp3) is 0.435. The van der Waals surface area contributed by atoms with E-state index in [0.29, 0.717) is 11.4 Å². The first-order chi connectivity index (χ1) is 14.6. The minimum absolute atomic E-state index is 0.376. The van der Waals surface area contributed by atoms with Crippen molar-refractivity contribution >= 4 is 33.0 Å².